The summed E-state index contributed by atoms with van der Waals surface area (Å²) in [5.41, 5.74) is 2.98. The predicted octanol–water partition coefficient (Wildman–Crippen LogP) is 2.88. The summed E-state index contributed by atoms with van der Waals surface area (Å²) in [7, 11) is -3.73. The molecule has 0 atom stereocenters. The molecule has 1 aliphatic carbocycles. The number of carbonyl (C=O) groups is 1. The molecular formula is C20H19N5O3S. The van der Waals surface area contributed by atoms with Crippen LogP contribution in [0, 0.1) is 5.92 Å². The highest BCUT2D eigenvalue weighted by Crippen LogP contribution is 2.30. The zero-order valence-corrected chi connectivity index (χ0v) is 16.2. The van der Waals surface area contributed by atoms with Crippen LogP contribution in [0.25, 0.3) is 11.3 Å². The average Bonchev–Trinajstić information content (AvgIpc) is 3.54. The molecule has 0 aliphatic heterocycles. The number of nitrogens with two attached hydrogens (primary N) is 1. The number of hydrogen-bond donors (Lipinski definition) is 3. The van der Waals surface area contributed by atoms with E-state index in [0.29, 0.717) is 17.3 Å². The molecule has 1 aromatic heterocycles. The second kappa shape index (κ2) is 7.61. The molecule has 2 aromatic carbocycles. The number of primary sulfonamides is 1. The molecule has 0 radical (unpaired) electrons. The minimum absolute atomic E-state index is 0.0339. The van der Waals surface area contributed by atoms with E-state index in [9.17, 15) is 13.2 Å². The quantitative estimate of drug-likeness (QED) is 0.574. The van der Waals surface area contributed by atoms with E-state index in [2.05, 4.69) is 20.6 Å². The van der Waals surface area contributed by atoms with E-state index in [1.165, 1.54) is 12.1 Å². The SMILES string of the molecule is NS(=O)(=O)c1ccc(Nc2nccc(-c3ccc(NC(=O)C4CC4)cc3)n2)cc1. The van der Waals surface area contributed by atoms with Crippen LogP contribution >= 0.6 is 0 Å². The van der Waals surface area contributed by atoms with E-state index in [1.807, 2.05) is 24.3 Å². The van der Waals surface area contributed by atoms with Crippen LogP contribution in [0.2, 0.25) is 0 Å². The van der Waals surface area contributed by atoms with Crippen molar-refractivity contribution in [3.05, 3.63) is 60.8 Å². The lowest BCUT2D eigenvalue weighted by atomic mass is 10.1. The average molecular weight is 409 g/mol. The van der Waals surface area contributed by atoms with E-state index in [1.54, 1.807) is 24.4 Å². The molecule has 148 valence electrons. The van der Waals surface area contributed by atoms with Gasteiger partial charge in [-0.1, -0.05) is 12.1 Å². The molecule has 1 aliphatic rings. The molecule has 0 saturated heterocycles. The number of hydrogen-bond acceptors (Lipinski definition) is 6. The first-order valence-electron chi connectivity index (χ1n) is 9.03. The van der Waals surface area contributed by atoms with Crippen LogP contribution in [-0.4, -0.2) is 24.3 Å². The van der Waals surface area contributed by atoms with Gasteiger partial charge in [0, 0.05) is 29.1 Å². The van der Waals surface area contributed by atoms with Gasteiger partial charge in [0.05, 0.1) is 10.6 Å². The fourth-order valence-corrected chi connectivity index (χ4v) is 3.27. The lowest BCUT2D eigenvalue weighted by Crippen LogP contribution is -2.13. The molecule has 0 unspecified atom stereocenters. The normalized spacial score (nSPS) is 13.7. The van der Waals surface area contributed by atoms with Crippen LogP contribution in [0.4, 0.5) is 17.3 Å². The van der Waals surface area contributed by atoms with Gasteiger partial charge in [-0.15, -0.1) is 0 Å². The number of sulfonamides is 1. The maximum absolute atomic E-state index is 11.8. The van der Waals surface area contributed by atoms with Crippen LogP contribution < -0.4 is 15.8 Å². The van der Waals surface area contributed by atoms with Crippen molar-refractivity contribution in [1.29, 1.82) is 0 Å². The van der Waals surface area contributed by atoms with Crippen molar-refractivity contribution >= 4 is 33.3 Å². The number of carbonyl (C=O) groups excluding carboxylic acids is 1. The highest BCUT2D eigenvalue weighted by molar-refractivity contribution is 7.89. The number of nitrogens with one attached hydrogen (secondary N) is 2. The van der Waals surface area contributed by atoms with Gasteiger partial charge in [0.1, 0.15) is 0 Å². The van der Waals surface area contributed by atoms with E-state index in [4.69, 9.17) is 5.14 Å². The predicted molar refractivity (Wildman–Crippen MR) is 110 cm³/mol. The van der Waals surface area contributed by atoms with Crippen molar-refractivity contribution in [2.24, 2.45) is 11.1 Å². The molecule has 1 amide bonds. The largest absolute Gasteiger partial charge is 0.326 e. The first-order valence-corrected chi connectivity index (χ1v) is 10.6. The Morgan fingerprint density at radius 3 is 2.24 bits per heavy atom. The fraction of sp³-hybridized carbons (Fsp3) is 0.150. The lowest BCUT2D eigenvalue weighted by molar-refractivity contribution is -0.117. The Kier molecular flexibility index (Phi) is 4.99. The van der Waals surface area contributed by atoms with Gasteiger partial charge < -0.3 is 10.6 Å². The first kappa shape index (κ1) is 19.0. The van der Waals surface area contributed by atoms with Gasteiger partial charge in [0.25, 0.3) is 0 Å². The first-order chi connectivity index (χ1) is 13.9. The summed E-state index contributed by atoms with van der Waals surface area (Å²) < 4.78 is 22.7. The summed E-state index contributed by atoms with van der Waals surface area (Å²) in [4.78, 5) is 20.6. The Labute approximate surface area is 168 Å². The second-order valence-corrected chi connectivity index (χ2v) is 8.36. The summed E-state index contributed by atoms with van der Waals surface area (Å²) in [5.74, 6) is 0.598. The van der Waals surface area contributed by atoms with Crippen LogP contribution in [0.5, 0.6) is 0 Å². The van der Waals surface area contributed by atoms with Crippen molar-refractivity contribution in [2.45, 2.75) is 17.7 Å². The van der Waals surface area contributed by atoms with Crippen LogP contribution in [-0.2, 0) is 14.8 Å². The van der Waals surface area contributed by atoms with E-state index in [0.717, 1.165) is 24.1 Å². The van der Waals surface area contributed by atoms with Gasteiger partial charge in [-0.25, -0.2) is 23.5 Å². The summed E-state index contributed by atoms with van der Waals surface area (Å²) in [6.07, 6.45) is 3.56. The molecule has 9 heteroatoms. The number of anilines is 3. The zero-order valence-electron chi connectivity index (χ0n) is 15.4. The van der Waals surface area contributed by atoms with Gasteiger partial charge in [0.15, 0.2) is 0 Å². The van der Waals surface area contributed by atoms with E-state index < -0.39 is 10.0 Å². The molecule has 4 rings (SSSR count). The maximum Gasteiger partial charge on any atom is 0.238 e. The van der Waals surface area contributed by atoms with Gasteiger partial charge in [-0.3, -0.25) is 4.79 Å². The minimum atomic E-state index is -3.73. The monoisotopic (exact) mass is 409 g/mol. The molecule has 3 aromatic rings. The van der Waals surface area contributed by atoms with Crippen LogP contribution in [0.1, 0.15) is 12.8 Å². The Balaban J connectivity index is 1.47. The third-order valence-electron chi connectivity index (χ3n) is 4.49. The summed E-state index contributed by atoms with van der Waals surface area (Å²) >= 11 is 0. The molecular weight excluding hydrogens is 390 g/mol. The fourth-order valence-electron chi connectivity index (χ4n) is 2.75. The second-order valence-electron chi connectivity index (χ2n) is 6.80. The molecule has 29 heavy (non-hydrogen) atoms. The van der Waals surface area contributed by atoms with Gasteiger partial charge >= 0.3 is 0 Å². The highest BCUT2D eigenvalue weighted by Gasteiger charge is 2.29. The Hall–Kier alpha value is -3.30. The molecule has 8 nitrogen and oxygen atoms in total. The Morgan fingerprint density at radius 1 is 0.966 bits per heavy atom. The summed E-state index contributed by atoms with van der Waals surface area (Å²) in [6, 6.07) is 15.2. The molecule has 4 N–H and O–H groups in total. The van der Waals surface area contributed by atoms with Gasteiger partial charge in [-0.2, -0.15) is 0 Å². The van der Waals surface area contributed by atoms with Crippen molar-refractivity contribution in [1.82, 2.24) is 9.97 Å². The molecule has 0 spiro atoms. The number of benzene rings is 2. The van der Waals surface area contributed by atoms with Crippen molar-refractivity contribution in [3.63, 3.8) is 0 Å². The summed E-state index contributed by atoms with van der Waals surface area (Å²) in [5, 5.41) is 11.0. The van der Waals surface area contributed by atoms with Crippen LogP contribution in [0.15, 0.2) is 65.7 Å². The number of aromatic nitrogens is 2. The number of amides is 1. The topological polar surface area (TPSA) is 127 Å². The molecule has 1 fully saturated rings. The van der Waals surface area contributed by atoms with E-state index in [-0.39, 0.29) is 16.7 Å². The minimum Gasteiger partial charge on any atom is -0.326 e. The smallest absolute Gasteiger partial charge is 0.238 e. The molecule has 0 bridgehead atoms. The Morgan fingerprint density at radius 2 is 1.62 bits per heavy atom. The third kappa shape index (κ3) is 4.76. The van der Waals surface area contributed by atoms with Crippen LogP contribution in [0.3, 0.4) is 0 Å². The number of rotatable bonds is 6. The summed E-state index contributed by atoms with van der Waals surface area (Å²) in [6.45, 7) is 0. The Bertz CT molecular complexity index is 1140. The van der Waals surface area contributed by atoms with Gasteiger partial charge in [-0.05, 0) is 55.3 Å². The third-order valence-corrected chi connectivity index (χ3v) is 5.42. The van der Waals surface area contributed by atoms with Crippen molar-refractivity contribution in [3.8, 4) is 11.3 Å². The molecule has 1 saturated carbocycles. The van der Waals surface area contributed by atoms with Gasteiger partial charge in [0.2, 0.25) is 21.9 Å². The van der Waals surface area contributed by atoms with Crippen molar-refractivity contribution < 1.29 is 13.2 Å². The standard InChI is InChI=1S/C20H19N5O3S/c21-29(27,28)17-9-7-16(8-10-17)24-20-22-12-11-18(25-20)13-3-5-15(6-4-13)23-19(26)14-1-2-14/h3-12,14H,1-2H2,(H,23,26)(H2,21,27,28)(H,22,24,25). The van der Waals surface area contributed by atoms with Crippen molar-refractivity contribution in [2.75, 3.05) is 10.6 Å². The number of nitrogens with zero attached hydrogens (tertiary/aromatic N) is 2. The maximum atomic E-state index is 11.8. The lowest BCUT2D eigenvalue weighted by Gasteiger charge is -2.08. The molecule has 1 heterocycles. The highest BCUT2D eigenvalue weighted by atomic mass is 32.2. The zero-order chi connectivity index (χ0) is 20.4. The van der Waals surface area contributed by atoms with E-state index >= 15 is 0 Å².